The maximum Gasteiger partial charge on any atom is 0.189 e. The minimum Gasteiger partial charge on any atom is -0.493 e. The van der Waals surface area contributed by atoms with Crippen molar-refractivity contribution in [3.63, 3.8) is 0 Å². The number of para-hydroxylation sites is 1. The van der Waals surface area contributed by atoms with Crippen molar-refractivity contribution in [1.82, 2.24) is 10.2 Å². The zero-order valence-electron chi connectivity index (χ0n) is 12.8. The van der Waals surface area contributed by atoms with E-state index in [2.05, 4.69) is 21.3 Å². The quantitative estimate of drug-likeness (QED) is 0.634. The number of morpholine rings is 1. The lowest BCUT2D eigenvalue weighted by Gasteiger charge is -2.27. The van der Waals surface area contributed by atoms with Crippen LogP contribution in [0, 0.1) is 0 Å². The van der Waals surface area contributed by atoms with Crippen LogP contribution in [0.2, 0.25) is 0 Å². The van der Waals surface area contributed by atoms with E-state index < -0.39 is 0 Å². The molecule has 0 radical (unpaired) electrons. The summed E-state index contributed by atoms with van der Waals surface area (Å²) < 4.78 is 11.0. The highest BCUT2D eigenvalue weighted by atomic mass is 16.5. The summed E-state index contributed by atoms with van der Waals surface area (Å²) in [6.07, 6.45) is 0.900. The second-order valence-electron chi connectivity index (χ2n) is 5.59. The number of hydrogen-bond donors (Lipinski definition) is 2. The molecule has 6 nitrogen and oxygen atoms in total. The molecule has 1 aromatic carbocycles. The van der Waals surface area contributed by atoms with Crippen LogP contribution in [0.1, 0.15) is 18.0 Å². The molecule has 2 aliphatic heterocycles. The molecule has 2 heterocycles. The zero-order chi connectivity index (χ0) is 15.2. The van der Waals surface area contributed by atoms with Gasteiger partial charge in [-0.3, -0.25) is 9.89 Å². The van der Waals surface area contributed by atoms with E-state index in [0.29, 0.717) is 19.1 Å². The summed E-state index contributed by atoms with van der Waals surface area (Å²) in [5, 5.41) is 3.32. The molecule has 1 saturated heterocycles. The fraction of sp³-hybridized carbons (Fsp3) is 0.562. The molecular weight excluding hydrogens is 280 g/mol. The Bertz CT molecular complexity index is 515. The molecule has 1 fully saturated rings. The van der Waals surface area contributed by atoms with Crippen molar-refractivity contribution in [2.75, 3.05) is 46.0 Å². The zero-order valence-corrected chi connectivity index (χ0v) is 12.8. The monoisotopic (exact) mass is 304 g/mol. The molecule has 120 valence electrons. The second kappa shape index (κ2) is 7.47. The minimum absolute atomic E-state index is 0.178. The van der Waals surface area contributed by atoms with Crippen LogP contribution in [0.3, 0.4) is 0 Å². The Labute approximate surface area is 131 Å². The van der Waals surface area contributed by atoms with E-state index in [1.807, 2.05) is 18.2 Å². The summed E-state index contributed by atoms with van der Waals surface area (Å²) in [6.45, 7) is 5.94. The van der Waals surface area contributed by atoms with Gasteiger partial charge in [-0.2, -0.15) is 0 Å². The lowest BCUT2D eigenvalue weighted by atomic mass is 10.0. The van der Waals surface area contributed by atoms with E-state index in [9.17, 15) is 0 Å². The smallest absolute Gasteiger partial charge is 0.189 e. The number of nitrogens with zero attached hydrogens (tertiary/aromatic N) is 2. The number of ether oxygens (including phenoxy) is 2. The molecule has 0 aromatic heterocycles. The van der Waals surface area contributed by atoms with Crippen molar-refractivity contribution >= 4 is 5.96 Å². The topological polar surface area (TPSA) is 72.1 Å². The van der Waals surface area contributed by atoms with Crippen molar-refractivity contribution in [3.8, 4) is 5.75 Å². The minimum atomic E-state index is 0.178. The van der Waals surface area contributed by atoms with Gasteiger partial charge < -0.3 is 20.5 Å². The molecule has 0 bridgehead atoms. The molecule has 3 rings (SSSR count). The molecule has 1 unspecified atom stereocenters. The van der Waals surface area contributed by atoms with E-state index in [1.54, 1.807) is 0 Å². The summed E-state index contributed by atoms with van der Waals surface area (Å²) >= 11 is 0. The first-order valence-electron chi connectivity index (χ1n) is 7.91. The van der Waals surface area contributed by atoms with Gasteiger partial charge in [0.15, 0.2) is 5.96 Å². The second-order valence-corrected chi connectivity index (χ2v) is 5.59. The summed E-state index contributed by atoms with van der Waals surface area (Å²) in [5.41, 5.74) is 7.19. The normalized spacial score (nSPS) is 22.7. The highest BCUT2D eigenvalue weighted by Gasteiger charge is 2.21. The number of benzene rings is 1. The number of hydrogen-bond acceptors (Lipinski definition) is 4. The fourth-order valence-corrected chi connectivity index (χ4v) is 2.85. The summed E-state index contributed by atoms with van der Waals surface area (Å²) in [7, 11) is 0. The van der Waals surface area contributed by atoms with Gasteiger partial charge in [0, 0.05) is 31.6 Å². The van der Waals surface area contributed by atoms with Gasteiger partial charge in [-0.25, -0.2) is 0 Å². The van der Waals surface area contributed by atoms with Crippen molar-refractivity contribution in [2.24, 2.45) is 10.7 Å². The lowest BCUT2D eigenvalue weighted by Crippen LogP contribution is -2.39. The van der Waals surface area contributed by atoms with Crippen LogP contribution in [0.15, 0.2) is 29.3 Å². The maximum absolute atomic E-state index is 6.03. The molecule has 22 heavy (non-hydrogen) atoms. The van der Waals surface area contributed by atoms with Gasteiger partial charge in [-0.1, -0.05) is 18.2 Å². The van der Waals surface area contributed by atoms with Gasteiger partial charge >= 0.3 is 0 Å². The number of guanidine groups is 1. The average molecular weight is 304 g/mol. The Morgan fingerprint density at radius 1 is 1.27 bits per heavy atom. The highest BCUT2D eigenvalue weighted by Crippen LogP contribution is 2.31. The highest BCUT2D eigenvalue weighted by molar-refractivity contribution is 5.78. The van der Waals surface area contributed by atoms with E-state index in [0.717, 1.165) is 50.6 Å². The van der Waals surface area contributed by atoms with E-state index in [4.69, 9.17) is 15.2 Å². The molecule has 1 aromatic rings. The third kappa shape index (κ3) is 3.90. The molecule has 0 aliphatic carbocycles. The molecule has 0 spiro atoms. The van der Waals surface area contributed by atoms with Crippen LogP contribution in [0.4, 0.5) is 0 Å². The van der Waals surface area contributed by atoms with Gasteiger partial charge in [0.1, 0.15) is 5.75 Å². The Morgan fingerprint density at radius 2 is 2.09 bits per heavy atom. The number of nitrogens with two attached hydrogens (primary N) is 1. The van der Waals surface area contributed by atoms with Crippen LogP contribution in [0.5, 0.6) is 5.75 Å². The third-order valence-electron chi connectivity index (χ3n) is 4.08. The van der Waals surface area contributed by atoms with Crippen molar-refractivity contribution < 1.29 is 9.47 Å². The molecule has 3 N–H and O–H groups in total. The van der Waals surface area contributed by atoms with Gasteiger partial charge in [0.25, 0.3) is 0 Å². The molecule has 0 saturated carbocycles. The van der Waals surface area contributed by atoms with Crippen molar-refractivity contribution in [1.29, 1.82) is 0 Å². The van der Waals surface area contributed by atoms with E-state index >= 15 is 0 Å². The van der Waals surface area contributed by atoms with E-state index in [-0.39, 0.29) is 6.04 Å². The molecular formula is C16H24N4O2. The van der Waals surface area contributed by atoms with Crippen LogP contribution < -0.4 is 15.8 Å². The van der Waals surface area contributed by atoms with Gasteiger partial charge in [-0.05, 0) is 6.07 Å². The van der Waals surface area contributed by atoms with E-state index in [1.165, 1.54) is 0 Å². The summed E-state index contributed by atoms with van der Waals surface area (Å²) in [5.74, 6) is 1.45. The van der Waals surface area contributed by atoms with Crippen LogP contribution in [-0.2, 0) is 4.74 Å². The summed E-state index contributed by atoms with van der Waals surface area (Å²) in [6, 6.07) is 8.26. The van der Waals surface area contributed by atoms with Gasteiger partial charge in [-0.15, -0.1) is 0 Å². The van der Waals surface area contributed by atoms with Gasteiger partial charge in [0.05, 0.1) is 32.4 Å². The Kier molecular flexibility index (Phi) is 5.13. The summed E-state index contributed by atoms with van der Waals surface area (Å²) in [4.78, 5) is 6.80. The Morgan fingerprint density at radius 3 is 2.95 bits per heavy atom. The largest absolute Gasteiger partial charge is 0.493 e. The van der Waals surface area contributed by atoms with Crippen molar-refractivity contribution in [2.45, 2.75) is 12.5 Å². The molecule has 1 atom stereocenters. The number of nitrogens with one attached hydrogen (secondary N) is 1. The predicted octanol–water partition coefficient (Wildman–Crippen LogP) is 0.747. The average Bonchev–Trinajstić information content (AvgIpc) is 2.56. The predicted molar refractivity (Wildman–Crippen MR) is 86.2 cm³/mol. The van der Waals surface area contributed by atoms with Crippen LogP contribution in [-0.4, -0.2) is 56.9 Å². The number of aliphatic imine (C=N–C) groups is 1. The Hall–Kier alpha value is -1.79. The fourth-order valence-electron chi connectivity index (χ4n) is 2.85. The van der Waals surface area contributed by atoms with Gasteiger partial charge in [0.2, 0.25) is 0 Å². The maximum atomic E-state index is 6.03. The first kappa shape index (κ1) is 15.1. The first-order chi connectivity index (χ1) is 10.8. The Balaban J connectivity index is 1.51. The SMILES string of the molecule is NC(=NCCN1CCOCC1)NC1CCOc2ccccc21. The molecule has 2 aliphatic rings. The first-order valence-corrected chi connectivity index (χ1v) is 7.91. The molecule has 6 heteroatoms. The standard InChI is InChI=1S/C16H24N4O2/c17-16(18-6-7-20-8-11-21-12-9-20)19-14-5-10-22-15-4-2-1-3-13(14)15/h1-4,14H,5-12H2,(H3,17,18,19). The van der Waals surface area contributed by atoms with Crippen molar-refractivity contribution in [3.05, 3.63) is 29.8 Å². The molecule has 0 amide bonds. The van der Waals surface area contributed by atoms with Crippen LogP contribution in [0.25, 0.3) is 0 Å². The number of fused-ring (bicyclic) bond motifs is 1. The third-order valence-corrected chi connectivity index (χ3v) is 4.08. The lowest BCUT2D eigenvalue weighted by molar-refractivity contribution is 0.0394. The van der Waals surface area contributed by atoms with Crippen LogP contribution >= 0.6 is 0 Å². The number of rotatable bonds is 4.